The van der Waals surface area contributed by atoms with Gasteiger partial charge < -0.3 is 19.8 Å². The van der Waals surface area contributed by atoms with Crippen molar-refractivity contribution in [2.24, 2.45) is 4.99 Å². The Morgan fingerprint density at radius 2 is 2.44 bits per heavy atom. The molecule has 2 rings (SSSR count). The van der Waals surface area contributed by atoms with Crippen LogP contribution in [0.15, 0.2) is 40.1 Å². The third kappa shape index (κ3) is 3.84. The number of hydrogen-bond donors (Lipinski definition) is 2. The highest BCUT2D eigenvalue weighted by Gasteiger charge is 2.11. The lowest BCUT2D eigenvalue weighted by Gasteiger charge is -2.21. The van der Waals surface area contributed by atoms with Gasteiger partial charge in [-0.2, -0.15) is 0 Å². The van der Waals surface area contributed by atoms with Crippen LogP contribution in [0, 0.1) is 0 Å². The summed E-state index contributed by atoms with van der Waals surface area (Å²) in [5.74, 6) is 1.64. The Kier molecular flexibility index (Phi) is 4.69. The van der Waals surface area contributed by atoms with Crippen molar-refractivity contribution in [1.82, 2.24) is 10.6 Å². The molecule has 18 heavy (non-hydrogen) atoms. The largest absolute Gasteiger partial charge is 0.497 e. The Morgan fingerprint density at radius 1 is 1.50 bits per heavy atom. The lowest BCUT2D eigenvalue weighted by atomic mass is 10.1. The van der Waals surface area contributed by atoms with Crippen molar-refractivity contribution < 1.29 is 9.15 Å². The zero-order valence-electron chi connectivity index (χ0n) is 10.6. The molecule has 0 aliphatic carbocycles. The van der Waals surface area contributed by atoms with Crippen LogP contribution in [-0.4, -0.2) is 25.7 Å². The summed E-state index contributed by atoms with van der Waals surface area (Å²) in [5.41, 5.74) is 0. The number of furan rings is 1. The number of nitrogens with zero attached hydrogens (tertiary/aromatic N) is 1. The second kappa shape index (κ2) is 6.74. The van der Waals surface area contributed by atoms with Gasteiger partial charge in [0.2, 0.25) is 0 Å². The number of guanidine groups is 1. The number of allylic oxidation sites excluding steroid dienone is 1. The molecule has 2 N–H and O–H groups in total. The Balaban J connectivity index is 1.70. The second-order valence-electron chi connectivity index (χ2n) is 4.09. The van der Waals surface area contributed by atoms with Crippen LogP contribution in [0.25, 0.3) is 0 Å². The molecule has 0 radical (unpaired) electrons. The van der Waals surface area contributed by atoms with E-state index in [2.05, 4.69) is 15.6 Å². The van der Waals surface area contributed by atoms with Gasteiger partial charge in [-0.15, -0.1) is 0 Å². The van der Waals surface area contributed by atoms with Gasteiger partial charge in [-0.25, -0.2) is 0 Å². The first-order chi connectivity index (χ1) is 8.88. The topological polar surface area (TPSA) is 58.8 Å². The Labute approximate surface area is 107 Å². The van der Waals surface area contributed by atoms with E-state index in [1.54, 1.807) is 19.6 Å². The van der Waals surface area contributed by atoms with Crippen LogP contribution in [0.2, 0.25) is 0 Å². The number of hydrogen-bond acceptors (Lipinski definition) is 3. The van der Waals surface area contributed by atoms with Crippen LogP contribution < -0.4 is 10.6 Å². The molecule has 0 bridgehead atoms. The molecule has 1 aromatic rings. The molecule has 0 amide bonds. The molecule has 0 aromatic carbocycles. The van der Waals surface area contributed by atoms with Crippen molar-refractivity contribution in [3.8, 4) is 0 Å². The van der Waals surface area contributed by atoms with E-state index >= 15 is 0 Å². The van der Waals surface area contributed by atoms with E-state index in [0.29, 0.717) is 6.54 Å². The zero-order valence-corrected chi connectivity index (χ0v) is 10.6. The molecule has 1 atom stereocenters. The monoisotopic (exact) mass is 249 g/mol. The average Bonchev–Trinajstić information content (AvgIpc) is 2.93. The maximum atomic E-state index is 5.48. The van der Waals surface area contributed by atoms with Gasteiger partial charge in [-0.1, -0.05) is 0 Å². The molecule has 1 aromatic heterocycles. The first kappa shape index (κ1) is 12.5. The van der Waals surface area contributed by atoms with Crippen molar-refractivity contribution >= 4 is 5.96 Å². The fourth-order valence-corrected chi connectivity index (χ4v) is 1.75. The van der Waals surface area contributed by atoms with E-state index in [1.165, 1.54) is 0 Å². The number of nitrogens with one attached hydrogen (secondary N) is 2. The van der Waals surface area contributed by atoms with Gasteiger partial charge in [-0.3, -0.25) is 4.99 Å². The van der Waals surface area contributed by atoms with Crippen molar-refractivity contribution in [1.29, 1.82) is 0 Å². The Bertz CT molecular complexity index is 398. The number of ether oxygens (including phenoxy) is 1. The van der Waals surface area contributed by atoms with Crippen LogP contribution in [-0.2, 0) is 11.3 Å². The first-order valence-electron chi connectivity index (χ1n) is 6.16. The summed E-state index contributed by atoms with van der Waals surface area (Å²) in [4.78, 5) is 4.15. The Hall–Kier alpha value is -1.91. The molecule has 1 aliphatic heterocycles. The third-order valence-electron chi connectivity index (χ3n) is 2.75. The van der Waals surface area contributed by atoms with Crippen LogP contribution >= 0.6 is 0 Å². The molecule has 1 aliphatic rings. The molecule has 0 unspecified atom stereocenters. The van der Waals surface area contributed by atoms with E-state index in [1.807, 2.05) is 18.2 Å². The van der Waals surface area contributed by atoms with Crippen LogP contribution in [0.3, 0.4) is 0 Å². The van der Waals surface area contributed by atoms with Gasteiger partial charge in [0.1, 0.15) is 11.9 Å². The molecule has 5 heteroatoms. The summed E-state index contributed by atoms with van der Waals surface area (Å²) >= 11 is 0. The van der Waals surface area contributed by atoms with Gasteiger partial charge in [0.15, 0.2) is 5.96 Å². The van der Waals surface area contributed by atoms with Crippen molar-refractivity contribution in [2.75, 3.05) is 13.6 Å². The average molecular weight is 249 g/mol. The van der Waals surface area contributed by atoms with Crippen molar-refractivity contribution in [2.45, 2.75) is 25.5 Å². The Morgan fingerprint density at radius 3 is 3.11 bits per heavy atom. The quantitative estimate of drug-likeness (QED) is 0.629. The standard InChI is InChI=1S/C13H19N3O2/c1-14-13(16-10-12-6-4-8-18-12)15-9-11-5-2-3-7-17-11/h3-4,6-8,11H,2,5,9-10H2,1H3,(H2,14,15,16)/t11-/m1/s1. The summed E-state index contributed by atoms with van der Waals surface area (Å²) in [6.45, 7) is 1.38. The summed E-state index contributed by atoms with van der Waals surface area (Å²) in [7, 11) is 1.75. The minimum atomic E-state index is 0.220. The van der Waals surface area contributed by atoms with Gasteiger partial charge in [0, 0.05) is 7.05 Å². The van der Waals surface area contributed by atoms with Gasteiger partial charge >= 0.3 is 0 Å². The van der Waals surface area contributed by atoms with E-state index in [-0.39, 0.29) is 6.10 Å². The van der Waals surface area contributed by atoms with E-state index < -0.39 is 0 Å². The van der Waals surface area contributed by atoms with Gasteiger partial charge in [0.05, 0.1) is 25.6 Å². The minimum absolute atomic E-state index is 0.220. The lowest BCUT2D eigenvalue weighted by Crippen LogP contribution is -2.41. The van der Waals surface area contributed by atoms with Crippen molar-refractivity contribution in [3.63, 3.8) is 0 Å². The summed E-state index contributed by atoms with van der Waals surface area (Å²) in [6, 6.07) is 3.80. The van der Waals surface area contributed by atoms with Gasteiger partial charge in [-0.05, 0) is 31.1 Å². The molecule has 5 nitrogen and oxygen atoms in total. The van der Waals surface area contributed by atoms with Gasteiger partial charge in [0.25, 0.3) is 0 Å². The fourth-order valence-electron chi connectivity index (χ4n) is 1.75. The predicted octanol–water partition coefficient (Wildman–Crippen LogP) is 1.64. The van der Waals surface area contributed by atoms with E-state index in [4.69, 9.17) is 9.15 Å². The highest BCUT2D eigenvalue weighted by molar-refractivity contribution is 5.79. The number of aliphatic imine (C=N–C) groups is 1. The molecule has 0 spiro atoms. The number of rotatable bonds is 4. The fraction of sp³-hybridized carbons (Fsp3) is 0.462. The molecular weight excluding hydrogens is 230 g/mol. The molecule has 0 saturated heterocycles. The van der Waals surface area contributed by atoms with Crippen LogP contribution in [0.1, 0.15) is 18.6 Å². The summed E-state index contributed by atoms with van der Waals surface area (Å²) in [5, 5.41) is 6.42. The SMILES string of the molecule is CN=C(NCc1ccco1)NC[C@H]1CCC=CO1. The van der Waals surface area contributed by atoms with Crippen molar-refractivity contribution in [3.05, 3.63) is 36.5 Å². The third-order valence-corrected chi connectivity index (χ3v) is 2.75. The smallest absolute Gasteiger partial charge is 0.191 e. The molecular formula is C13H19N3O2. The highest BCUT2D eigenvalue weighted by atomic mass is 16.5. The minimum Gasteiger partial charge on any atom is -0.497 e. The van der Waals surface area contributed by atoms with E-state index in [0.717, 1.165) is 31.1 Å². The van der Waals surface area contributed by atoms with Crippen LogP contribution in [0.4, 0.5) is 0 Å². The first-order valence-corrected chi connectivity index (χ1v) is 6.16. The maximum absolute atomic E-state index is 5.48. The maximum Gasteiger partial charge on any atom is 0.191 e. The molecule has 98 valence electrons. The predicted molar refractivity (Wildman–Crippen MR) is 70.2 cm³/mol. The lowest BCUT2D eigenvalue weighted by molar-refractivity contribution is 0.127. The van der Waals surface area contributed by atoms with Crippen LogP contribution in [0.5, 0.6) is 0 Å². The second-order valence-corrected chi connectivity index (χ2v) is 4.09. The normalized spacial score (nSPS) is 19.4. The van der Waals surface area contributed by atoms with E-state index in [9.17, 15) is 0 Å². The molecule has 0 saturated carbocycles. The highest BCUT2D eigenvalue weighted by Crippen LogP contribution is 2.08. The molecule has 2 heterocycles. The zero-order chi connectivity index (χ0) is 12.6. The summed E-state index contributed by atoms with van der Waals surface area (Å²) in [6.07, 6.45) is 7.81. The molecule has 0 fully saturated rings. The summed E-state index contributed by atoms with van der Waals surface area (Å²) < 4.78 is 10.7.